The fourth-order valence-corrected chi connectivity index (χ4v) is 3.42. The SMILES string of the molecule is Cc1cccc(CNCCNCCNCCN(CCN)Cc2cccc(C)c2)c1. The first-order chi connectivity index (χ1) is 14.2. The lowest BCUT2D eigenvalue weighted by Crippen LogP contribution is -2.38. The Hall–Kier alpha value is -1.76. The van der Waals surface area contributed by atoms with Crippen molar-refractivity contribution in [1.82, 2.24) is 20.9 Å². The van der Waals surface area contributed by atoms with E-state index >= 15 is 0 Å². The predicted molar refractivity (Wildman–Crippen MR) is 124 cm³/mol. The maximum atomic E-state index is 5.79. The number of aryl methyl sites for hydroxylation is 2. The summed E-state index contributed by atoms with van der Waals surface area (Å²) in [7, 11) is 0. The summed E-state index contributed by atoms with van der Waals surface area (Å²) < 4.78 is 0. The third-order valence-corrected chi connectivity index (χ3v) is 4.91. The van der Waals surface area contributed by atoms with Crippen LogP contribution in [-0.2, 0) is 13.1 Å². The van der Waals surface area contributed by atoms with Gasteiger partial charge >= 0.3 is 0 Å². The van der Waals surface area contributed by atoms with E-state index in [1.54, 1.807) is 0 Å². The van der Waals surface area contributed by atoms with E-state index < -0.39 is 0 Å². The molecule has 0 aliphatic heterocycles. The average Bonchev–Trinajstić information content (AvgIpc) is 2.69. The summed E-state index contributed by atoms with van der Waals surface area (Å²) in [5, 5.41) is 10.5. The van der Waals surface area contributed by atoms with Crippen LogP contribution in [0.4, 0.5) is 0 Å². The summed E-state index contributed by atoms with van der Waals surface area (Å²) in [5.74, 6) is 0. The molecular weight excluding hydrogens is 358 g/mol. The number of rotatable bonds is 15. The molecule has 0 fully saturated rings. The molecule has 0 amide bonds. The van der Waals surface area contributed by atoms with E-state index in [4.69, 9.17) is 5.73 Å². The number of hydrogen-bond acceptors (Lipinski definition) is 5. The molecule has 0 aromatic heterocycles. The Bertz CT molecular complexity index is 688. The topological polar surface area (TPSA) is 65.3 Å². The zero-order valence-corrected chi connectivity index (χ0v) is 18.2. The second-order valence-electron chi connectivity index (χ2n) is 7.72. The monoisotopic (exact) mass is 397 g/mol. The van der Waals surface area contributed by atoms with Gasteiger partial charge in [-0.15, -0.1) is 0 Å². The molecule has 5 N–H and O–H groups in total. The van der Waals surface area contributed by atoms with Crippen molar-refractivity contribution in [1.29, 1.82) is 0 Å². The second kappa shape index (κ2) is 14.3. The molecule has 0 saturated heterocycles. The molecule has 2 aromatic rings. The van der Waals surface area contributed by atoms with Crippen molar-refractivity contribution >= 4 is 0 Å². The van der Waals surface area contributed by atoms with Crippen LogP contribution in [0.3, 0.4) is 0 Å². The van der Waals surface area contributed by atoms with E-state index in [1.165, 1.54) is 22.3 Å². The lowest BCUT2D eigenvalue weighted by molar-refractivity contribution is 0.272. The van der Waals surface area contributed by atoms with Gasteiger partial charge in [-0.05, 0) is 25.0 Å². The van der Waals surface area contributed by atoms with Crippen molar-refractivity contribution < 1.29 is 0 Å². The highest BCUT2D eigenvalue weighted by molar-refractivity contribution is 5.22. The minimum Gasteiger partial charge on any atom is -0.329 e. The first kappa shape index (κ1) is 23.5. The minimum atomic E-state index is 0.697. The highest BCUT2D eigenvalue weighted by atomic mass is 15.1. The van der Waals surface area contributed by atoms with Gasteiger partial charge in [-0.3, -0.25) is 4.90 Å². The maximum Gasteiger partial charge on any atom is 0.0234 e. The van der Waals surface area contributed by atoms with Gasteiger partial charge in [0.1, 0.15) is 0 Å². The number of nitrogens with zero attached hydrogens (tertiary/aromatic N) is 1. The Morgan fingerprint density at radius 1 is 0.724 bits per heavy atom. The van der Waals surface area contributed by atoms with E-state index in [9.17, 15) is 0 Å². The summed E-state index contributed by atoms with van der Waals surface area (Å²) in [4.78, 5) is 2.42. The normalized spacial score (nSPS) is 11.3. The third-order valence-electron chi connectivity index (χ3n) is 4.91. The molecule has 0 heterocycles. The fourth-order valence-electron chi connectivity index (χ4n) is 3.42. The smallest absolute Gasteiger partial charge is 0.0234 e. The zero-order valence-electron chi connectivity index (χ0n) is 18.2. The number of nitrogens with one attached hydrogen (secondary N) is 3. The molecule has 2 aromatic carbocycles. The van der Waals surface area contributed by atoms with Crippen LogP contribution in [0.1, 0.15) is 22.3 Å². The summed E-state index contributed by atoms with van der Waals surface area (Å²) in [5.41, 5.74) is 11.1. The van der Waals surface area contributed by atoms with Gasteiger partial charge in [-0.2, -0.15) is 0 Å². The molecular formula is C24H39N5. The van der Waals surface area contributed by atoms with Crippen LogP contribution in [0.25, 0.3) is 0 Å². The van der Waals surface area contributed by atoms with E-state index in [-0.39, 0.29) is 0 Å². The van der Waals surface area contributed by atoms with Crippen LogP contribution in [0.15, 0.2) is 48.5 Å². The van der Waals surface area contributed by atoms with Crippen molar-refractivity contribution in [3.8, 4) is 0 Å². The van der Waals surface area contributed by atoms with Gasteiger partial charge in [0.05, 0.1) is 0 Å². The van der Waals surface area contributed by atoms with Crippen molar-refractivity contribution in [3.63, 3.8) is 0 Å². The Morgan fingerprint density at radius 3 is 1.97 bits per heavy atom. The quantitative estimate of drug-likeness (QED) is 0.346. The first-order valence-electron chi connectivity index (χ1n) is 10.8. The van der Waals surface area contributed by atoms with Gasteiger partial charge in [0.25, 0.3) is 0 Å². The zero-order chi connectivity index (χ0) is 20.7. The minimum absolute atomic E-state index is 0.697. The number of hydrogen-bond donors (Lipinski definition) is 4. The van der Waals surface area contributed by atoms with Crippen molar-refractivity contribution in [3.05, 3.63) is 70.8 Å². The van der Waals surface area contributed by atoms with Crippen LogP contribution < -0.4 is 21.7 Å². The summed E-state index contributed by atoms with van der Waals surface area (Å²) in [6.07, 6.45) is 0. The molecule has 2 rings (SSSR count). The molecule has 0 aliphatic rings. The molecule has 5 heteroatoms. The standard InChI is InChI=1S/C24H39N5/c1-21-5-3-7-23(17-21)19-28-13-12-26-10-11-27-14-16-29(15-9-25)20-24-8-4-6-22(2)18-24/h3-8,17-18,26-28H,9-16,19-20,25H2,1-2H3. The Morgan fingerprint density at radius 2 is 1.31 bits per heavy atom. The summed E-state index contributed by atoms with van der Waals surface area (Å²) >= 11 is 0. The fraction of sp³-hybridized carbons (Fsp3) is 0.500. The third kappa shape index (κ3) is 10.5. The van der Waals surface area contributed by atoms with Crippen LogP contribution in [0.5, 0.6) is 0 Å². The molecule has 0 aliphatic carbocycles. The van der Waals surface area contributed by atoms with Crippen LogP contribution in [0, 0.1) is 13.8 Å². The molecule has 29 heavy (non-hydrogen) atoms. The molecule has 0 radical (unpaired) electrons. The molecule has 0 saturated carbocycles. The van der Waals surface area contributed by atoms with Crippen LogP contribution >= 0.6 is 0 Å². The van der Waals surface area contributed by atoms with Gasteiger partial charge in [0.15, 0.2) is 0 Å². The molecule has 0 bridgehead atoms. The van der Waals surface area contributed by atoms with Gasteiger partial charge in [-0.25, -0.2) is 0 Å². The molecule has 0 spiro atoms. The maximum absolute atomic E-state index is 5.79. The van der Waals surface area contributed by atoms with Crippen LogP contribution in [-0.4, -0.2) is 57.3 Å². The van der Waals surface area contributed by atoms with Crippen molar-refractivity contribution in [2.75, 3.05) is 52.4 Å². The number of benzene rings is 2. The predicted octanol–water partition coefficient (Wildman–Crippen LogP) is 2.03. The Kier molecular flexibility index (Phi) is 11.6. The molecule has 5 nitrogen and oxygen atoms in total. The van der Waals surface area contributed by atoms with E-state index in [0.717, 1.165) is 58.9 Å². The average molecular weight is 398 g/mol. The van der Waals surface area contributed by atoms with Crippen molar-refractivity contribution in [2.24, 2.45) is 5.73 Å². The van der Waals surface area contributed by atoms with Gasteiger partial charge in [0, 0.05) is 65.4 Å². The number of nitrogens with two attached hydrogens (primary N) is 1. The lowest BCUT2D eigenvalue weighted by Gasteiger charge is -2.22. The molecule has 0 unspecified atom stereocenters. The van der Waals surface area contributed by atoms with Crippen LogP contribution in [0.2, 0.25) is 0 Å². The highest BCUT2D eigenvalue weighted by Crippen LogP contribution is 2.07. The van der Waals surface area contributed by atoms with Gasteiger partial charge in [0.2, 0.25) is 0 Å². The lowest BCUT2D eigenvalue weighted by atomic mass is 10.1. The van der Waals surface area contributed by atoms with E-state index in [2.05, 4.69) is 83.2 Å². The Balaban J connectivity index is 1.48. The van der Waals surface area contributed by atoms with E-state index in [1.807, 2.05) is 0 Å². The molecule has 160 valence electrons. The molecule has 0 atom stereocenters. The van der Waals surface area contributed by atoms with Crippen molar-refractivity contribution in [2.45, 2.75) is 26.9 Å². The summed E-state index contributed by atoms with van der Waals surface area (Å²) in [6, 6.07) is 17.4. The Labute approximate surface area is 177 Å². The van der Waals surface area contributed by atoms with E-state index in [0.29, 0.717) is 6.54 Å². The second-order valence-corrected chi connectivity index (χ2v) is 7.72. The highest BCUT2D eigenvalue weighted by Gasteiger charge is 2.05. The van der Waals surface area contributed by atoms with Gasteiger partial charge < -0.3 is 21.7 Å². The summed E-state index contributed by atoms with van der Waals surface area (Å²) in [6.45, 7) is 13.7. The largest absolute Gasteiger partial charge is 0.329 e. The first-order valence-corrected chi connectivity index (χ1v) is 10.8. The van der Waals surface area contributed by atoms with Gasteiger partial charge in [-0.1, -0.05) is 59.7 Å².